The maximum Gasteiger partial charge on any atom is 0.408 e. The van der Waals surface area contributed by atoms with Gasteiger partial charge in [0, 0.05) is 6.42 Å². The first kappa shape index (κ1) is 21.9. The molecule has 0 aromatic rings. The van der Waals surface area contributed by atoms with Crippen molar-refractivity contribution >= 4 is 23.7 Å². The van der Waals surface area contributed by atoms with Gasteiger partial charge in [0.2, 0.25) is 11.8 Å². The molecular weight excluding hydrogens is 336 g/mol. The maximum absolute atomic E-state index is 12.8. The largest absolute Gasteiger partial charge is 0.444 e. The SMILES string of the molecule is CC.CC(C)(C)OC(=O)NC(C(=O)C1CC(=O)NC1=O)C1=CCCCC1. The van der Waals surface area contributed by atoms with Crippen LogP contribution in [0.25, 0.3) is 0 Å². The van der Waals surface area contributed by atoms with Crippen molar-refractivity contribution in [2.24, 2.45) is 5.92 Å². The minimum absolute atomic E-state index is 0.169. The fourth-order valence-corrected chi connectivity index (χ4v) is 2.88. The van der Waals surface area contributed by atoms with Crippen LogP contribution in [-0.2, 0) is 19.1 Å². The van der Waals surface area contributed by atoms with Crippen LogP contribution in [-0.4, -0.2) is 35.3 Å². The second-order valence-corrected chi connectivity index (χ2v) is 7.18. The zero-order chi connectivity index (χ0) is 19.9. The highest BCUT2D eigenvalue weighted by Crippen LogP contribution is 2.25. The number of amides is 3. The van der Waals surface area contributed by atoms with Gasteiger partial charge in [-0.3, -0.25) is 19.7 Å². The molecule has 0 aromatic heterocycles. The van der Waals surface area contributed by atoms with Crippen LogP contribution in [0.1, 0.15) is 66.7 Å². The van der Waals surface area contributed by atoms with Crippen molar-refractivity contribution < 1.29 is 23.9 Å². The van der Waals surface area contributed by atoms with E-state index in [2.05, 4.69) is 10.6 Å². The van der Waals surface area contributed by atoms with Gasteiger partial charge in [-0.15, -0.1) is 0 Å². The molecule has 2 aliphatic rings. The summed E-state index contributed by atoms with van der Waals surface area (Å²) in [4.78, 5) is 48.1. The molecule has 0 radical (unpaired) electrons. The predicted octanol–water partition coefficient (Wildman–Crippen LogP) is 2.64. The number of carbonyl (C=O) groups excluding carboxylic acids is 4. The third-order valence-corrected chi connectivity index (χ3v) is 3.95. The molecule has 0 bridgehead atoms. The average molecular weight is 366 g/mol. The number of ketones is 1. The summed E-state index contributed by atoms with van der Waals surface area (Å²) in [5.41, 5.74) is 0.0866. The second-order valence-electron chi connectivity index (χ2n) is 7.18. The molecular formula is C19H30N2O5. The molecule has 3 amide bonds. The first-order chi connectivity index (χ1) is 12.2. The molecule has 7 heteroatoms. The Morgan fingerprint density at radius 1 is 1.23 bits per heavy atom. The second kappa shape index (κ2) is 9.50. The van der Waals surface area contributed by atoms with Crippen molar-refractivity contribution in [3.05, 3.63) is 11.6 Å². The number of alkyl carbamates (subject to hydrolysis) is 1. The molecule has 1 fully saturated rings. The van der Waals surface area contributed by atoms with Crippen molar-refractivity contribution in [2.45, 2.75) is 78.4 Å². The van der Waals surface area contributed by atoms with Gasteiger partial charge in [0.25, 0.3) is 0 Å². The smallest absolute Gasteiger partial charge is 0.408 e. The van der Waals surface area contributed by atoms with Crippen LogP contribution in [0.15, 0.2) is 11.6 Å². The van der Waals surface area contributed by atoms with Gasteiger partial charge < -0.3 is 10.1 Å². The molecule has 0 aromatic carbocycles. The topological polar surface area (TPSA) is 102 Å². The average Bonchev–Trinajstić information content (AvgIpc) is 2.91. The molecule has 0 spiro atoms. The number of rotatable bonds is 4. The Hall–Kier alpha value is -2.18. The molecule has 1 aliphatic carbocycles. The number of allylic oxidation sites excluding steroid dienone is 1. The molecule has 2 rings (SSSR count). The first-order valence-electron chi connectivity index (χ1n) is 9.23. The van der Waals surface area contributed by atoms with E-state index in [0.717, 1.165) is 24.8 Å². The Labute approximate surface area is 154 Å². The lowest BCUT2D eigenvalue weighted by Gasteiger charge is -2.27. The van der Waals surface area contributed by atoms with Crippen molar-refractivity contribution in [2.75, 3.05) is 0 Å². The predicted molar refractivity (Wildman–Crippen MR) is 97.3 cm³/mol. The number of nitrogens with one attached hydrogen (secondary N) is 2. The van der Waals surface area contributed by atoms with E-state index in [9.17, 15) is 19.2 Å². The summed E-state index contributed by atoms with van der Waals surface area (Å²) in [6.45, 7) is 9.19. The van der Waals surface area contributed by atoms with Crippen LogP contribution >= 0.6 is 0 Å². The Kier molecular flexibility index (Phi) is 7.99. The van der Waals surface area contributed by atoms with E-state index >= 15 is 0 Å². The zero-order valence-corrected chi connectivity index (χ0v) is 16.3. The molecule has 1 saturated heterocycles. The van der Waals surface area contributed by atoms with Crippen molar-refractivity contribution in [3.63, 3.8) is 0 Å². The lowest BCUT2D eigenvalue weighted by atomic mass is 9.86. The molecule has 2 N–H and O–H groups in total. The Morgan fingerprint density at radius 2 is 1.88 bits per heavy atom. The Balaban J connectivity index is 0.00000163. The Bertz CT molecular complexity index is 589. The van der Waals surface area contributed by atoms with E-state index in [1.807, 2.05) is 19.9 Å². The van der Waals surface area contributed by atoms with Gasteiger partial charge in [-0.1, -0.05) is 19.9 Å². The summed E-state index contributed by atoms with van der Waals surface area (Å²) in [6, 6.07) is -0.929. The first-order valence-corrected chi connectivity index (χ1v) is 9.23. The van der Waals surface area contributed by atoms with E-state index < -0.39 is 41.3 Å². The van der Waals surface area contributed by atoms with Gasteiger partial charge in [-0.25, -0.2) is 4.79 Å². The van der Waals surface area contributed by atoms with Gasteiger partial charge in [0.1, 0.15) is 17.6 Å². The lowest BCUT2D eigenvalue weighted by Crippen LogP contribution is -2.48. The maximum atomic E-state index is 12.8. The van der Waals surface area contributed by atoms with Crippen LogP contribution in [0.5, 0.6) is 0 Å². The Morgan fingerprint density at radius 3 is 2.35 bits per heavy atom. The third kappa shape index (κ3) is 6.28. The van der Waals surface area contributed by atoms with Crippen LogP contribution in [0.4, 0.5) is 4.79 Å². The molecule has 146 valence electrons. The molecule has 2 atom stereocenters. The monoisotopic (exact) mass is 366 g/mol. The van der Waals surface area contributed by atoms with E-state index in [1.165, 1.54) is 0 Å². The molecule has 0 saturated carbocycles. The van der Waals surface area contributed by atoms with Crippen molar-refractivity contribution in [1.29, 1.82) is 0 Å². The normalized spacial score (nSPS) is 21.0. The number of hydrogen-bond donors (Lipinski definition) is 2. The van der Waals surface area contributed by atoms with Gasteiger partial charge in [-0.05, 0) is 52.0 Å². The van der Waals surface area contributed by atoms with Crippen LogP contribution in [0.2, 0.25) is 0 Å². The van der Waals surface area contributed by atoms with Gasteiger partial charge in [-0.2, -0.15) is 0 Å². The molecule has 1 heterocycles. The van der Waals surface area contributed by atoms with Crippen LogP contribution < -0.4 is 10.6 Å². The number of carbonyl (C=O) groups is 4. The summed E-state index contributed by atoms with van der Waals surface area (Å²) in [5.74, 6) is -2.58. The number of imide groups is 1. The fraction of sp³-hybridized carbons (Fsp3) is 0.684. The van der Waals surface area contributed by atoms with Crippen molar-refractivity contribution in [3.8, 4) is 0 Å². The van der Waals surface area contributed by atoms with E-state index in [-0.39, 0.29) is 6.42 Å². The fourth-order valence-electron chi connectivity index (χ4n) is 2.88. The minimum Gasteiger partial charge on any atom is -0.444 e. The summed E-state index contributed by atoms with van der Waals surface area (Å²) in [7, 11) is 0. The highest BCUT2D eigenvalue weighted by Gasteiger charge is 2.41. The van der Waals surface area contributed by atoms with Gasteiger partial charge in [0.05, 0.1) is 0 Å². The lowest BCUT2D eigenvalue weighted by molar-refractivity contribution is -0.132. The van der Waals surface area contributed by atoms with Crippen LogP contribution in [0, 0.1) is 5.92 Å². The summed E-state index contributed by atoms with van der Waals surface area (Å²) >= 11 is 0. The summed E-state index contributed by atoms with van der Waals surface area (Å²) in [5, 5.41) is 4.72. The number of hydrogen-bond acceptors (Lipinski definition) is 5. The standard InChI is InChI=1S/C17H24N2O5.C2H6/c1-17(2,3)24-16(23)19-13(10-7-5-4-6-8-10)14(21)11-9-12(20)18-15(11)22;1-2/h7,11,13H,4-6,8-9H2,1-3H3,(H,19,23)(H,18,20,22);1-2H3. The van der Waals surface area contributed by atoms with Gasteiger partial charge in [0.15, 0.2) is 5.78 Å². The summed E-state index contributed by atoms with van der Waals surface area (Å²) in [6.07, 6.45) is 4.49. The summed E-state index contributed by atoms with van der Waals surface area (Å²) < 4.78 is 5.22. The quantitative estimate of drug-likeness (QED) is 0.452. The van der Waals surface area contributed by atoms with E-state index in [4.69, 9.17) is 4.74 Å². The van der Waals surface area contributed by atoms with E-state index in [1.54, 1.807) is 20.8 Å². The molecule has 7 nitrogen and oxygen atoms in total. The zero-order valence-electron chi connectivity index (χ0n) is 16.3. The minimum atomic E-state index is -1.06. The van der Waals surface area contributed by atoms with Gasteiger partial charge >= 0.3 is 6.09 Å². The third-order valence-electron chi connectivity index (χ3n) is 3.95. The molecule has 2 unspecified atom stereocenters. The molecule has 1 aliphatic heterocycles. The number of ether oxygens (including phenoxy) is 1. The number of Topliss-reactive ketones (excluding diaryl/α,β-unsaturated/α-hetero) is 1. The highest BCUT2D eigenvalue weighted by molar-refractivity contribution is 6.16. The van der Waals surface area contributed by atoms with E-state index in [0.29, 0.717) is 6.42 Å². The highest BCUT2D eigenvalue weighted by atomic mass is 16.6. The van der Waals surface area contributed by atoms with Crippen LogP contribution in [0.3, 0.4) is 0 Å². The van der Waals surface area contributed by atoms with Crippen molar-refractivity contribution in [1.82, 2.24) is 10.6 Å². The molecule has 26 heavy (non-hydrogen) atoms.